The summed E-state index contributed by atoms with van der Waals surface area (Å²) in [5.74, 6) is 3.00. The van der Waals surface area contributed by atoms with Crippen LogP contribution in [0, 0.1) is 5.92 Å². The number of thioether (sulfide) groups is 1. The number of urea groups is 1. The maximum atomic E-state index is 11.0. The van der Waals surface area contributed by atoms with E-state index in [4.69, 9.17) is 5.11 Å². The summed E-state index contributed by atoms with van der Waals surface area (Å²) in [4.78, 5) is 11.0. The van der Waals surface area contributed by atoms with Crippen molar-refractivity contribution in [3.8, 4) is 0 Å². The number of carbonyl (C=O) groups is 1. The van der Waals surface area contributed by atoms with Crippen LogP contribution < -0.4 is 10.6 Å². The Kier molecular flexibility index (Phi) is 5.00. The molecular weight excluding hydrogens is 188 g/mol. The van der Waals surface area contributed by atoms with Gasteiger partial charge in [-0.05, 0) is 23.8 Å². The van der Waals surface area contributed by atoms with Crippen molar-refractivity contribution in [2.24, 2.45) is 5.92 Å². The first-order chi connectivity index (χ1) is 6.33. The third-order valence-corrected chi connectivity index (χ3v) is 3.20. The molecule has 0 aromatic carbocycles. The predicted octanol–water partition coefficient (Wildman–Crippen LogP) is 0.0310. The Bertz CT molecular complexity index is 160. The highest BCUT2D eigenvalue weighted by Crippen LogP contribution is 2.22. The lowest BCUT2D eigenvalue weighted by Gasteiger charge is -2.10. The van der Waals surface area contributed by atoms with Gasteiger partial charge in [0.15, 0.2) is 0 Å². The Balaban J connectivity index is 2.00. The van der Waals surface area contributed by atoms with Gasteiger partial charge < -0.3 is 15.7 Å². The van der Waals surface area contributed by atoms with Gasteiger partial charge in [0.25, 0.3) is 0 Å². The zero-order valence-electron chi connectivity index (χ0n) is 7.58. The third kappa shape index (κ3) is 4.38. The molecule has 1 heterocycles. The van der Waals surface area contributed by atoms with Gasteiger partial charge in [-0.15, -0.1) is 0 Å². The average Bonchev–Trinajstić information content (AvgIpc) is 2.64. The summed E-state index contributed by atoms with van der Waals surface area (Å²) in [5, 5.41) is 13.8. The smallest absolute Gasteiger partial charge is 0.314 e. The first kappa shape index (κ1) is 10.7. The number of hydrogen-bond donors (Lipinski definition) is 3. The second-order valence-electron chi connectivity index (χ2n) is 3.09. The molecule has 0 aromatic rings. The Labute approximate surface area is 82.5 Å². The van der Waals surface area contributed by atoms with Crippen molar-refractivity contribution in [3.63, 3.8) is 0 Å². The van der Waals surface area contributed by atoms with Crippen LogP contribution in [0.3, 0.4) is 0 Å². The Morgan fingerprint density at radius 3 is 3.00 bits per heavy atom. The highest BCUT2D eigenvalue weighted by atomic mass is 32.2. The molecule has 1 atom stereocenters. The minimum atomic E-state index is -0.175. The van der Waals surface area contributed by atoms with Crippen molar-refractivity contribution in [3.05, 3.63) is 0 Å². The molecule has 1 aliphatic rings. The fourth-order valence-electron chi connectivity index (χ4n) is 1.21. The highest BCUT2D eigenvalue weighted by molar-refractivity contribution is 7.99. The standard InChI is InChI=1S/C8H16N2O2S/c11-3-2-9-8(12)10-5-7-1-4-13-6-7/h7,11H,1-6H2,(H2,9,10,12). The predicted molar refractivity (Wildman–Crippen MR) is 53.9 cm³/mol. The van der Waals surface area contributed by atoms with Crippen molar-refractivity contribution in [1.82, 2.24) is 10.6 Å². The van der Waals surface area contributed by atoms with E-state index in [2.05, 4.69) is 10.6 Å². The van der Waals surface area contributed by atoms with Crippen LogP contribution in [0.5, 0.6) is 0 Å². The van der Waals surface area contributed by atoms with E-state index in [1.807, 2.05) is 11.8 Å². The van der Waals surface area contributed by atoms with Crippen LogP contribution >= 0.6 is 11.8 Å². The highest BCUT2D eigenvalue weighted by Gasteiger charge is 2.15. The number of carbonyl (C=O) groups excluding carboxylic acids is 1. The molecule has 2 amide bonds. The Morgan fingerprint density at radius 1 is 1.54 bits per heavy atom. The number of amides is 2. The molecule has 1 aliphatic heterocycles. The first-order valence-electron chi connectivity index (χ1n) is 4.53. The molecule has 0 bridgehead atoms. The van der Waals surface area contributed by atoms with E-state index in [-0.39, 0.29) is 12.6 Å². The molecule has 0 saturated carbocycles. The van der Waals surface area contributed by atoms with Crippen molar-refractivity contribution in [2.45, 2.75) is 6.42 Å². The van der Waals surface area contributed by atoms with Gasteiger partial charge in [-0.25, -0.2) is 4.79 Å². The molecule has 0 radical (unpaired) electrons. The number of rotatable bonds is 4. The van der Waals surface area contributed by atoms with Gasteiger partial charge in [-0.3, -0.25) is 0 Å². The van der Waals surface area contributed by atoms with E-state index in [1.165, 1.54) is 12.2 Å². The van der Waals surface area contributed by atoms with E-state index in [1.54, 1.807) is 0 Å². The summed E-state index contributed by atoms with van der Waals surface area (Å²) in [6.07, 6.45) is 1.20. The SMILES string of the molecule is O=C(NCCO)NCC1CCSC1. The summed E-state index contributed by atoms with van der Waals surface area (Å²) >= 11 is 1.94. The number of nitrogens with one attached hydrogen (secondary N) is 2. The molecule has 1 fully saturated rings. The van der Waals surface area contributed by atoms with E-state index in [0.717, 1.165) is 12.3 Å². The lowest BCUT2D eigenvalue weighted by molar-refractivity contribution is 0.233. The zero-order valence-corrected chi connectivity index (χ0v) is 8.40. The first-order valence-corrected chi connectivity index (χ1v) is 5.68. The van der Waals surface area contributed by atoms with Gasteiger partial charge in [0.1, 0.15) is 0 Å². The lowest BCUT2D eigenvalue weighted by atomic mass is 10.1. The number of hydrogen-bond acceptors (Lipinski definition) is 3. The van der Waals surface area contributed by atoms with Crippen molar-refractivity contribution in [1.29, 1.82) is 0 Å². The second kappa shape index (κ2) is 6.10. The summed E-state index contributed by atoms with van der Waals surface area (Å²) < 4.78 is 0. The fourth-order valence-corrected chi connectivity index (χ4v) is 2.50. The van der Waals surface area contributed by atoms with E-state index < -0.39 is 0 Å². The summed E-state index contributed by atoms with van der Waals surface area (Å²) in [6.45, 7) is 1.07. The minimum Gasteiger partial charge on any atom is -0.395 e. The summed E-state index contributed by atoms with van der Waals surface area (Å²) in [5.41, 5.74) is 0. The monoisotopic (exact) mass is 204 g/mol. The molecule has 1 unspecified atom stereocenters. The number of aliphatic hydroxyl groups excluding tert-OH is 1. The Morgan fingerprint density at radius 2 is 2.38 bits per heavy atom. The molecule has 3 N–H and O–H groups in total. The second-order valence-corrected chi connectivity index (χ2v) is 4.24. The van der Waals surface area contributed by atoms with Gasteiger partial charge in [0.05, 0.1) is 6.61 Å². The summed E-state index contributed by atoms with van der Waals surface area (Å²) in [6, 6.07) is -0.175. The van der Waals surface area contributed by atoms with E-state index in [0.29, 0.717) is 12.5 Å². The van der Waals surface area contributed by atoms with Crippen LogP contribution in [0.2, 0.25) is 0 Å². The molecule has 5 heteroatoms. The van der Waals surface area contributed by atoms with Gasteiger partial charge in [-0.2, -0.15) is 11.8 Å². The van der Waals surface area contributed by atoms with E-state index in [9.17, 15) is 4.79 Å². The van der Waals surface area contributed by atoms with Gasteiger partial charge in [-0.1, -0.05) is 0 Å². The van der Waals surface area contributed by atoms with Crippen LogP contribution in [-0.4, -0.2) is 42.3 Å². The summed E-state index contributed by atoms with van der Waals surface area (Å²) in [7, 11) is 0. The zero-order chi connectivity index (χ0) is 9.52. The van der Waals surface area contributed by atoms with Crippen LogP contribution in [-0.2, 0) is 0 Å². The molecule has 1 rings (SSSR count). The molecule has 0 aliphatic carbocycles. The van der Waals surface area contributed by atoms with Crippen LogP contribution in [0.15, 0.2) is 0 Å². The minimum absolute atomic E-state index is 0.00724. The molecule has 13 heavy (non-hydrogen) atoms. The normalized spacial score (nSPS) is 21.5. The maximum absolute atomic E-state index is 11.0. The molecule has 76 valence electrons. The molecule has 1 saturated heterocycles. The quantitative estimate of drug-likeness (QED) is 0.605. The largest absolute Gasteiger partial charge is 0.395 e. The van der Waals surface area contributed by atoms with Gasteiger partial charge >= 0.3 is 6.03 Å². The van der Waals surface area contributed by atoms with E-state index >= 15 is 0 Å². The Hall–Kier alpha value is -0.420. The van der Waals surface area contributed by atoms with Crippen LogP contribution in [0.1, 0.15) is 6.42 Å². The van der Waals surface area contributed by atoms with Gasteiger partial charge in [0, 0.05) is 13.1 Å². The van der Waals surface area contributed by atoms with Gasteiger partial charge in [0.2, 0.25) is 0 Å². The number of aliphatic hydroxyl groups is 1. The van der Waals surface area contributed by atoms with Crippen molar-refractivity contribution < 1.29 is 9.90 Å². The third-order valence-electron chi connectivity index (χ3n) is 1.97. The average molecular weight is 204 g/mol. The molecule has 0 aromatic heterocycles. The van der Waals surface area contributed by atoms with Crippen molar-refractivity contribution >= 4 is 17.8 Å². The van der Waals surface area contributed by atoms with Crippen molar-refractivity contribution in [2.75, 3.05) is 31.2 Å². The molecule has 4 nitrogen and oxygen atoms in total. The molecular formula is C8H16N2O2S. The molecule has 0 spiro atoms. The fraction of sp³-hybridized carbons (Fsp3) is 0.875. The van der Waals surface area contributed by atoms with Crippen LogP contribution in [0.4, 0.5) is 4.79 Å². The lowest BCUT2D eigenvalue weighted by Crippen LogP contribution is -2.39. The van der Waals surface area contributed by atoms with Crippen LogP contribution in [0.25, 0.3) is 0 Å². The maximum Gasteiger partial charge on any atom is 0.314 e. The topological polar surface area (TPSA) is 61.4 Å².